The number of hydrogen-bond donors (Lipinski definition) is 4. The van der Waals surface area contributed by atoms with E-state index >= 15 is 0 Å². The van der Waals surface area contributed by atoms with Crippen LogP contribution in [0.15, 0.2) is 16.9 Å². The Bertz CT molecular complexity index is 1160. The van der Waals surface area contributed by atoms with Crippen molar-refractivity contribution in [2.45, 2.75) is 98.9 Å². The lowest BCUT2D eigenvalue weighted by atomic mass is 9.79. The van der Waals surface area contributed by atoms with Gasteiger partial charge in [0.15, 0.2) is 0 Å². The normalized spacial score (nSPS) is 14.9. The molecule has 4 N–H and O–H groups in total. The molecule has 0 bridgehead atoms. The lowest BCUT2D eigenvalue weighted by Gasteiger charge is -2.31. The zero-order valence-electron chi connectivity index (χ0n) is 23.3. The molecule has 36 heavy (non-hydrogen) atoms. The summed E-state index contributed by atoms with van der Waals surface area (Å²) in [4.78, 5) is 15.0. The number of nitrogens with one attached hydrogen (secondary N) is 2. The molecule has 0 fully saturated rings. The molecule has 0 aliphatic heterocycles. The van der Waals surface area contributed by atoms with Crippen LogP contribution in [0.2, 0.25) is 0 Å². The first-order valence-corrected chi connectivity index (χ1v) is 14.0. The molecule has 2 aromatic rings. The van der Waals surface area contributed by atoms with Crippen molar-refractivity contribution < 1.29 is 23.8 Å². The summed E-state index contributed by atoms with van der Waals surface area (Å²) in [5, 5.41) is 24.0. The molecule has 0 saturated heterocycles. The monoisotopic (exact) mass is 522 g/mol. The molecular weight excluding hydrogens is 479 g/mol. The fourth-order valence-electron chi connectivity index (χ4n) is 4.20. The van der Waals surface area contributed by atoms with Gasteiger partial charge in [-0.25, -0.2) is 4.57 Å². The Hall–Kier alpha value is -2.28. The summed E-state index contributed by atoms with van der Waals surface area (Å²) in [6.45, 7) is 18.8. The van der Waals surface area contributed by atoms with Crippen LogP contribution < -0.4 is 15.4 Å². The first-order valence-electron chi connectivity index (χ1n) is 12.4. The molecule has 2 atom stereocenters. The van der Waals surface area contributed by atoms with E-state index in [1.165, 1.54) is 0 Å². The van der Waals surface area contributed by atoms with E-state index in [9.17, 15) is 19.6 Å². The number of aryl methyl sites for hydroxylation is 1. The standard InChI is InChI=1S/C27H43N2O6P/c1-11-22(29-23-16(3)19(15-30)25(32)28-17(23)4)36(33,34-12-2)35-18-13-20(26(5,6)7)24(31)21(14-18)27(8,9)10/h13-14,22,29-31H,11-12,15H2,1-10H3,(H,28,32). The van der Waals surface area contributed by atoms with E-state index in [1.54, 1.807) is 32.9 Å². The van der Waals surface area contributed by atoms with Crippen molar-refractivity contribution in [2.24, 2.45) is 0 Å². The van der Waals surface area contributed by atoms with Crippen molar-refractivity contribution >= 4 is 13.3 Å². The van der Waals surface area contributed by atoms with Gasteiger partial charge in [0.05, 0.1) is 18.9 Å². The van der Waals surface area contributed by atoms with Gasteiger partial charge in [-0.3, -0.25) is 9.32 Å². The smallest absolute Gasteiger partial charge is 0.401 e. The predicted molar refractivity (Wildman–Crippen MR) is 146 cm³/mol. The SMILES string of the molecule is CCOP(=O)(Oc1cc(C(C)(C)C)c(O)c(C(C)(C)C)c1)C(CC)Nc1c(C)[nH]c(=O)c(CO)c1C. The number of aromatic amines is 1. The molecule has 2 unspecified atom stereocenters. The van der Waals surface area contributed by atoms with Crippen LogP contribution >= 0.6 is 7.60 Å². The molecule has 1 aromatic heterocycles. The van der Waals surface area contributed by atoms with Crippen LogP contribution in [0.5, 0.6) is 11.5 Å². The van der Waals surface area contributed by atoms with Crippen LogP contribution in [-0.4, -0.2) is 27.6 Å². The van der Waals surface area contributed by atoms with E-state index in [1.807, 2.05) is 48.5 Å². The van der Waals surface area contributed by atoms with Crippen LogP contribution in [0.25, 0.3) is 0 Å². The van der Waals surface area contributed by atoms with Gasteiger partial charge in [-0.1, -0.05) is 48.5 Å². The number of anilines is 1. The molecule has 8 nitrogen and oxygen atoms in total. The van der Waals surface area contributed by atoms with Crippen molar-refractivity contribution in [3.05, 3.63) is 50.4 Å². The number of phenols is 1. The Balaban J connectivity index is 2.63. The summed E-state index contributed by atoms with van der Waals surface area (Å²) >= 11 is 0. The average Bonchev–Trinajstić information content (AvgIpc) is 2.73. The number of aliphatic hydroxyl groups is 1. The number of pyridine rings is 1. The van der Waals surface area contributed by atoms with Gasteiger partial charge in [0.25, 0.3) is 5.56 Å². The highest BCUT2D eigenvalue weighted by Crippen LogP contribution is 2.55. The van der Waals surface area contributed by atoms with Crippen molar-refractivity contribution in [3.8, 4) is 11.5 Å². The van der Waals surface area contributed by atoms with Crippen LogP contribution in [-0.2, 0) is 26.5 Å². The summed E-state index contributed by atoms with van der Waals surface area (Å²) in [5.74, 6) is -0.183. The maximum Gasteiger partial charge on any atom is 0.401 e. The minimum absolute atomic E-state index is 0.164. The highest BCUT2D eigenvalue weighted by atomic mass is 31.2. The van der Waals surface area contributed by atoms with E-state index in [0.29, 0.717) is 40.2 Å². The Kier molecular flexibility index (Phi) is 9.15. The van der Waals surface area contributed by atoms with Crippen molar-refractivity contribution in [2.75, 3.05) is 11.9 Å². The molecule has 0 amide bonds. The number of aromatic nitrogens is 1. The Morgan fingerprint density at radius 2 is 1.58 bits per heavy atom. The molecule has 1 aromatic carbocycles. The lowest BCUT2D eigenvalue weighted by Crippen LogP contribution is -2.27. The molecule has 0 radical (unpaired) electrons. The lowest BCUT2D eigenvalue weighted by molar-refractivity contribution is 0.271. The molecule has 202 valence electrons. The summed E-state index contributed by atoms with van der Waals surface area (Å²) in [6.07, 6.45) is 0.403. The highest BCUT2D eigenvalue weighted by molar-refractivity contribution is 7.55. The van der Waals surface area contributed by atoms with Gasteiger partial charge in [-0.15, -0.1) is 0 Å². The van der Waals surface area contributed by atoms with E-state index < -0.39 is 20.0 Å². The fourth-order valence-corrected chi connectivity index (χ4v) is 6.05. The second kappa shape index (κ2) is 11.0. The van der Waals surface area contributed by atoms with Crippen LogP contribution in [0.1, 0.15) is 89.8 Å². The number of aromatic hydroxyl groups is 1. The fraction of sp³-hybridized carbons (Fsp3) is 0.593. The van der Waals surface area contributed by atoms with Crippen LogP contribution in [0, 0.1) is 13.8 Å². The maximum absolute atomic E-state index is 14.3. The largest absolute Gasteiger partial charge is 0.507 e. The maximum atomic E-state index is 14.3. The molecule has 2 rings (SSSR count). The van der Waals surface area contributed by atoms with E-state index in [0.717, 1.165) is 0 Å². The minimum atomic E-state index is -3.80. The molecule has 9 heteroatoms. The van der Waals surface area contributed by atoms with Gasteiger partial charge in [0.2, 0.25) is 0 Å². The summed E-state index contributed by atoms with van der Waals surface area (Å²) in [6, 6.07) is 3.45. The molecule has 0 spiro atoms. The topological polar surface area (TPSA) is 121 Å². The summed E-state index contributed by atoms with van der Waals surface area (Å²) in [7, 11) is -3.80. The van der Waals surface area contributed by atoms with Gasteiger partial charge >= 0.3 is 7.60 Å². The van der Waals surface area contributed by atoms with E-state index in [-0.39, 0.29) is 34.3 Å². The Labute approximate surface area is 215 Å². The number of aliphatic hydroxyl groups excluding tert-OH is 1. The number of rotatable bonds is 9. The number of phenolic OH excluding ortho intramolecular Hbond substituents is 1. The van der Waals surface area contributed by atoms with Crippen molar-refractivity contribution in [1.82, 2.24) is 4.98 Å². The van der Waals surface area contributed by atoms with E-state index in [4.69, 9.17) is 9.05 Å². The number of benzene rings is 1. The Morgan fingerprint density at radius 1 is 1.06 bits per heavy atom. The van der Waals surface area contributed by atoms with E-state index in [2.05, 4.69) is 10.3 Å². The third kappa shape index (κ3) is 6.34. The predicted octanol–water partition coefficient (Wildman–Crippen LogP) is 6.24. The van der Waals surface area contributed by atoms with Crippen LogP contribution in [0.3, 0.4) is 0 Å². The zero-order chi connectivity index (χ0) is 27.6. The van der Waals surface area contributed by atoms with Gasteiger partial charge in [0.1, 0.15) is 17.3 Å². The average molecular weight is 523 g/mol. The first kappa shape index (κ1) is 29.9. The van der Waals surface area contributed by atoms with Gasteiger partial charge in [-0.05, 0) is 55.7 Å². The number of H-pyrrole nitrogens is 1. The molecule has 0 aliphatic carbocycles. The number of hydrogen-bond acceptors (Lipinski definition) is 7. The second-order valence-corrected chi connectivity index (χ2v) is 13.3. The third-order valence-electron chi connectivity index (χ3n) is 6.26. The highest BCUT2D eigenvalue weighted by Gasteiger charge is 2.38. The molecule has 1 heterocycles. The van der Waals surface area contributed by atoms with Crippen LogP contribution in [0.4, 0.5) is 5.69 Å². The first-order chi connectivity index (χ1) is 16.5. The third-order valence-corrected chi connectivity index (χ3v) is 8.60. The van der Waals surface area contributed by atoms with Crippen molar-refractivity contribution in [3.63, 3.8) is 0 Å². The summed E-state index contributed by atoms with van der Waals surface area (Å²) in [5.41, 5.74) is 2.21. The second-order valence-electron chi connectivity index (χ2n) is 11.2. The zero-order valence-corrected chi connectivity index (χ0v) is 24.2. The van der Waals surface area contributed by atoms with Gasteiger partial charge in [0, 0.05) is 22.4 Å². The molecule has 0 saturated carbocycles. The molecule has 0 aliphatic rings. The minimum Gasteiger partial charge on any atom is -0.507 e. The van der Waals surface area contributed by atoms with Gasteiger partial charge < -0.3 is 25.0 Å². The van der Waals surface area contributed by atoms with Gasteiger partial charge in [-0.2, -0.15) is 0 Å². The Morgan fingerprint density at radius 3 is 2.00 bits per heavy atom. The summed E-state index contributed by atoms with van der Waals surface area (Å²) < 4.78 is 26.3. The van der Waals surface area contributed by atoms with Crippen molar-refractivity contribution in [1.29, 1.82) is 0 Å². The quantitative estimate of drug-likeness (QED) is 0.288. The molecular formula is C27H43N2O6P.